The van der Waals surface area contributed by atoms with E-state index in [-0.39, 0.29) is 22.3 Å². The standard InChI is InChI=1S/C26H28N4O4S/c1-17(19-6-4-3-5-7-19)29-26(32)30-22-10-11-24(23(13-22)25(31)27-2)35(33,34)16-18-8-9-20-14-28-15-21(20)12-18/h3-13,17,28H,14-16H2,1-2H3,(H,27,31)(H2,29,30,32). The molecule has 8 nitrogen and oxygen atoms in total. The summed E-state index contributed by atoms with van der Waals surface area (Å²) in [5.74, 6) is -0.782. The van der Waals surface area contributed by atoms with Gasteiger partial charge in [-0.25, -0.2) is 13.2 Å². The van der Waals surface area contributed by atoms with Crippen LogP contribution in [0.4, 0.5) is 10.5 Å². The van der Waals surface area contributed by atoms with Gasteiger partial charge < -0.3 is 21.3 Å². The SMILES string of the molecule is CNC(=O)c1cc(NC(=O)NC(C)c2ccccc2)ccc1S(=O)(=O)Cc1ccc2c(c1)CNC2. The van der Waals surface area contributed by atoms with Crippen molar-refractivity contribution in [1.82, 2.24) is 16.0 Å². The Bertz CT molecular complexity index is 1360. The number of hydrogen-bond acceptors (Lipinski definition) is 5. The van der Waals surface area contributed by atoms with E-state index in [0.29, 0.717) is 17.8 Å². The smallest absolute Gasteiger partial charge is 0.319 e. The first-order valence-corrected chi connectivity index (χ1v) is 12.9. The largest absolute Gasteiger partial charge is 0.355 e. The Labute approximate surface area is 205 Å². The van der Waals surface area contributed by atoms with Crippen molar-refractivity contribution in [2.75, 3.05) is 12.4 Å². The molecule has 1 unspecified atom stereocenters. The van der Waals surface area contributed by atoms with Crippen LogP contribution in [0.5, 0.6) is 0 Å². The highest BCUT2D eigenvalue weighted by Gasteiger charge is 2.24. The Morgan fingerprint density at radius 3 is 2.46 bits per heavy atom. The quantitative estimate of drug-likeness (QED) is 0.403. The van der Waals surface area contributed by atoms with Crippen molar-refractivity contribution in [3.63, 3.8) is 0 Å². The van der Waals surface area contributed by atoms with Crippen molar-refractivity contribution in [2.24, 2.45) is 0 Å². The third-order valence-corrected chi connectivity index (χ3v) is 7.69. The van der Waals surface area contributed by atoms with Gasteiger partial charge in [0.15, 0.2) is 9.84 Å². The summed E-state index contributed by atoms with van der Waals surface area (Å²) in [5, 5.41) is 11.2. The van der Waals surface area contributed by atoms with Gasteiger partial charge in [0.2, 0.25) is 0 Å². The number of rotatable bonds is 7. The third kappa shape index (κ3) is 5.70. The van der Waals surface area contributed by atoms with Gasteiger partial charge in [-0.05, 0) is 47.4 Å². The second kappa shape index (κ2) is 10.3. The molecular weight excluding hydrogens is 464 g/mol. The van der Waals surface area contributed by atoms with Crippen molar-refractivity contribution in [3.8, 4) is 0 Å². The molecule has 1 atom stereocenters. The first-order chi connectivity index (χ1) is 16.8. The minimum Gasteiger partial charge on any atom is -0.355 e. The van der Waals surface area contributed by atoms with Crippen LogP contribution in [0, 0.1) is 0 Å². The zero-order valence-corrected chi connectivity index (χ0v) is 20.4. The van der Waals surface area contributed by atoms with E-state index in [1.165, 1.54) is 25.2 Å². The topological polar surface area (TPSA) is 116 Å². The number of fused-ring (bicyclic) bond motifs is 1. The zero-order valence-electron chi connectivity index (χ0n) is 19.6. The highest BCUT2D eigenvalue weighted by atomic mass is 32.2. The van der Waals surface area contributed by atoms with Crippen LogP contribution in [-0.4, -0.2) is 27.4 Å². The number of urea groups is 1. The molecule has 1 heterocycles. The molecule has 0 spiro atoms. The van der Waals surface area contributed by atoms with Gasteiger partial charge in [-0.1, -0.05) is 48.5 Å². The van der Waals surface area contributed by atoms with Crippen LogP contribution >= 0.6 is 0 Å². The normalized spacial score (nSPS) is 13.5. The van der Waals surface area contributed by atoms with Crippen LogP contribution in [0.2, 0.25) is 0 Å². The number of hydrogen-bond donors (Lipinski definition) is 4. The van der Waals surface area contributed by atoms with Crippen molar-refractivity contribution in [3.05, 3.63) is 94.5 Å². The summed E-state index contributed by atoms with van der Waals surface area (Å²) >= 11 is 0. The van der Waals surface area contributed by atoms with Crippen LogP contribution in [0.25, 0.3) is 0 Å². The predicted molar refractivity (Wildman–Crippen MR) is 135 cm³/mol. The van der Waals surface area contributed by atoms with Gasteiger partial charge in [0, 0.05) is 25.8 Å². The average molecular weight is 493 g/mol. The number of sulfone groups is 1. The van der Waals surface area contributed by atoms with Crippen LogP contribution < -0.4 is 21.3 Å². The lowest BCUT2D eigenvalue weighted by Crippen LogP contribution is -2.31. The van der Waals surface area contributed by atoms with Gasteiger partial charge >= 0.3 is 6.03 Å². The molecule has 0 radical (unpaired) electrons. The van der Waals surface area contributed by atoms with E-state index < -0.39 is 21.8 Å². The molecule has 4 rings (SSSR count). The number of anilines is 1. The summed E-state index contributed by atoms with van der Waals surface area (Å²) < 4.78 is 26.6. The van der Waals surface area contributed by atoms with Gasteiger partial charge in [0.05, 0.1) is 22.3 Å². The predicted octanol–water partition coefficient (Wildman–Crippen LogP) is 3.51. The zero-order chi connectivity index (χ0) is 25.0. The maximum Gasteiger partial charge on any atom is 0.319 e. The van der Waals surface area contributed by atoms with E-state index >= 15 is 0 Å². The molecule has 3 aromatic carbocycles. The van der Waals surface area contributed by atoms with Crippen molar-refractivity contribution >= 4 is 27.5 Å². The fraction of sp³-hybridized carbons (Fsp3) is 0.231. The molecule has 0 fully saturated rings. The fourth-order valence-corrected chi connectivity index (χ4v) is 5.65. The van der Waals surface area contributed by atoms with E-state index in [4.69, 9.17) is 0 Å². The maximum absolute atomic E-state index is 13.3. The Balaban J connectivity index is 1.54. The Morgan fingerprint density at radius 2 is 1.71 bits per heavy atom. The Kier molecular flexibility index (Phi) is 7.18. The van der Waals surface area contributed by atoms with Gasteiger partial charge in [0.25, 0.3) is 5.91 Å². The van der Waals surface area contributed by atoms with Crippen LogP contribution in [0.1, 0.15) is 45.6 Å². The van der Waals surface area contributed by atoms with Gasteiger partial charge in [0.1, 0.15) is 0 Å². The molecule has 0 saturated carbocycles. The number of nitrogens with one attached hydrogen (secondary N) is 4. The van der Waals surface area contributed by atoms with Crippen LogP contribution in [0.3, 0.4) is 0 Å². The summed E-state index contributed by atoms with van der Waals surface area (Å²) in [6.07, 6.45) is 0. The molecule has 3 aromatic rings. The molecule has 35 heavy (non-hydrogen) atoms. The second-order valence-corrected chi connectivity index (χ2v) is 10.4. The molecule has 3 amide bonds. The van der Waals surface area contributed by atoms with E-state index in [1.807, 2.05) is 49.4 Å². The van der Waals surface area contributed by atoms with Crippen LogP contribution in [-0.2, 0) is 28.7 Å². The lowest BCUT2D eigenvalue weighted by Gasteiger charge is -2.16. The van der Waals surface area contributed by atoms with Gasteiger partial charge in [-0.15, -0.1) is 0 Å². The first kappa shape index (κ1) is 24.4. The summed E-state index contributed by atoms with van der Waals surface area (Å²) in [6, 6.07) is 18.6. The average Bonchev–Trinajstić information content (AvgIpc) is 3.31. The molecule has 0 saturated heterocycles. The van der Waals surface area contributed by atoms with Crippen molar-refractivity contribution in [1.29, 1.82) is 0 Å². The van der Waals surface area contributed by atoms with Gasteiger partial charge in [-0.3, -0.25) is 4.79 Å². The van der Waals surface area contributed by atoms with Gasteiger partial charge in [-0.2, -0.15) is 0 Å². The molecule has 9 heteroatoms. The number of carbonyl (C=O) groups excluding carboxylic acids is 2. The van der Waals surface area contributed by atoms with Crippen LogP contribution in [0.15, 0.2) is 71.6 Å². The molecule has 1 aliphatic heterocycles. The Hall–Kier alpha value is -3.69. The summed E-state index contributed by atoms with van der Waals surface area (Å²) in [5.41, 5.74) is 4.13. The molecule has 0 aliphatic carbocycles. The van der Waals surface area contributed by atoms with Crippen molar-refractivity contribution in [2.45, 2.75) is 36.7 Å². The highest BCUT2D eigenvalue weighted by molar-refractivity contribution is 7.90. The molecule has 0 bridgehead atoms. The third-order valence-electron chi connectivity index (χ3n) is 5.95. The minimum absolute atomic E-state index is 0.0239. The Morgan fingerprint density at radius 1 is 0.971 bits per heavy atom. The molecule has 1 aliphatic rings. The molecule has 182 valence electrons. The molecule has 4 N–H and O–H groups in total. The number of benzene rings is 3. The lowest BCUT2D eigenvalue weighted by atomic mass is 10.1. The summed E-state index contributed by atoms with van der Waals surface area (Å²) in [6.45, 7) is 3.34. The molecule has 0 aromatic heterocycles. The number of amides is 3. The van der Waals surface area contributed by atoms with E-state index in [2.05, 4.69) is 21.3 Å². The highest BCUT2D eigenvalue weighted by Crippen LogP contribution is 2.26. The first-order valence-electron chi connectivity index (χ1n) is 11.3. The van der Waals surface area contributed by atoms with E-state index in [9.17, 15) is 18.0 Å². The monoisotopic (exact) mass is 492 g/mol. The minimum atomic E-state index is -3.83. The number of carbonyl (C=O) groups is 2. The lowest BCUT2D eigenvalue weighted by molar-refractivity contribution is 0.0959. The summed E-state index contributed by atoms with van der Waals surface area (Å²) in [4.78, 5) is 25.0. The van der Waals surface area contributed by atoms with E-state index in [1.54, 1.807) is 6.07 Å². The van der Waals surface area contributed by atoms with Crippen molar-refractivity contribution < 1.29 is 18.0 Å². The fourth-order valence-electron chi connectivity index (χ4n) is 4.11. The second-order valence-electron chi connectivity index (χ2n) is 8.49. The van der Waals surface area contributed by atoms with E-state index in [0.717, 1.165) is 23.2 Å². The molecular formula is C26H28N4O4S. The maximum atomic E-state index is 13.3. The summed E-state index contributed by atoms with van der Waals surface area (Å²) in [7, 11) is -2.40.